The molecule has 0 aromatic carbocycles. The summed E-state index contributed by atoms with van der Waals surface area (Å²) in [5.74, 6) is -4.22. The van der Waals surface area contributed by atoms with Crippen LogP contribution in [0.25, 0.3) is 5.57 Å². The van der Waals surface area contributed by atoms with Gasteiger partial charge in [0.1, 0.15) is 28.7 Å². The fourth-order valence-corrected chi connectivity index (χ4v) is 6.79. The Kier molecular flexibility index (Phi) is 8.64. The number of hydrogen-bond donors (Lipinski definition) is 6. The number of carbonyl (C=O) groups is 4. The van der Waals surface area contributed by atoms with Gasteiger partial charge in [0.15, 0.2) is 16.4 Å². The lowest BCUT2D eigenvalue weighted by Gasteiger charge is -2.55. The van der Waals surface area contributed by atoms with E-state index in [9.17, 15) is 24.3 Å². The van der Waals surface area contributed by atoms with Crippen LogP contribution in [-0.2, 0) is 30.6 Å². The van der Waals surface area contributed by atoms with Gasteiger partial charge in [-0.1, -0.05) is 17.4 Å². The molecule has 8 N–H and O–H groups in total. The number of β-lactam (4-membered cyclic amide) rings is 1. The number of thiazole rings is 1. The molecule has 0 saturated carbocycles. The van der Waals surface area contributed by atoms with Crippen molar-refractivity contribution in [2.24, 2.45) is 5.16 Å². The normalized spacial score (nSPS) is 20.8. The largest absolute Gasteiger partial charge is 0.481 e. The van der Waals surface area contributed by atoms with Gasteiger partial charge >= 0.3 is 11.9 Å². The zero-order chi connectivity index (χ0) is 30.9. The molecule has 0 aliphatic carbocycles. The van der Waals surface area contributed by atoms with Crippen molar-refractivity contribution in [3.63, 3.8) is 0 Å². The Labute approximate surface area is 250 Å². The molecule has 0 radical (unpaired) electrons. The van der Waals surface area contributed by atoms with Crippen molar-refractivity contribution in [1.29, 1.82) is 5.41 Å². The van der Waals surface area contributed by atoms with Gasteiger partial charge in [0.2, 0.25) is 5.62 Å². The summed E-state index contributed by atoms with van der Waals surface area (Å²) in [6.45, 7) is 3.48. The summed E-state index contributed by atoms with van der Waals surface area (Å²) < 4.78 is 1.46. The van der Waals surface area contributed by atoms with Crippen LogP contribution in [0.5, 0.6) is 0 Å². The first-order valence-corrected chi connectivity index (χ1v) is 14.5. The molecule has 16 nitrogen and oxygen atoms in total. The smallest absolute Gasteiger partial charge is 0.353 e. The van der Waals surface area contributed by atoms with Crippen LogP contribution in [0, 0.1) is 5.41 Å². The van der Waals surface area contributed by atoms with Crippen LogP contribution < -0.4 is 22.4 Å². The highest BCUT2D eigenvalue weighted by atomic mass is 32.2. The van der Waals surface area contributed by atoms with Crippen LogP contribution >= 0.6 is 35.3 Å². The minimum atomic E-state index is -1.81. The van der Waals surface area contributed by atoms with E-state index in [1.165, 1.54) is 22.9 Å². The quantitative estimate of drug-likeness (QED) is 0.0814. The van der Waals surface area contributed by atoms with E-state index in [0.29, 0.717) is 5.69 Å². The maximum Gasteiger partial charge on any atom is 0.353 e. The summed E-state index contributed by atoms with van der Waals surface area (Å²) in [7, 11) is 0. The van der Waals surface area contributed by atoms with E-state index in [2.05, 4.69) is 20.4 Å². The molecule has 4 rings (SSSR count). The Morgan fingerprint density at radius 1 is 1.38 bits per heavy atom. The number of carbonyl (C=O) groups excluding carboxylic acids is 2. The molecule has 1 unspecified atom stereocenters. The van der Waals surface area contributed by atoms with Crippen molar-refractivity contribution < 1.29 is 34.2 Å². The number of aromatic nitrogens is 3. The van der Waals surface area contributed by atoms with Crippen molar-refractivity contribution in [1.82, 2.24) is 24.8 Å². The number of thioether (sulfide) groups is 1. The molecule has 42 heavy (non-hydrogen) atoms. The highest BCUT2D eigenvalue weighted by Gasteiger charge is 2.65. The van der Waals surface area contributed by atoms with E-state index in [4.69, 9.17) is 39.0 Å². The van der Waals surface area contributed by atoms with Crippen LogP contribution in [0.1, 0.15) is 31.7 Å². The van der Waals surface area contributed by atoms with Crippen LogP contribution in [0.4, 0.5) is 10.9 Å². The standard InChI is InChI=1S/C23H25N9O7S3/c1-3-31-12(5-13(24)28-21(31)25)10-6-41-20-23(8-40,19(38)32(20)16(10)18(36)37)29-17(35)15(11-7-42-22(26)27-11)30-39-9(2)4-14(33)34/h5,7-9,20H,3-4,6H2,1-2H3,(H2,26,27)(H,29,35)(H,33,34)(H,36,37)(H3,24,25,28)/b30-15-/t9?,20-,23+/m1/s1. The number of carboxylic acids is 2. The van der Waals surface area contributed by atoms with Gasteiger partial charge in [-0.2, -0.15) is 4.98 Å². The summed E-state index contributed by atoms with van der Waals surface area (Å²) in [5, 5.41) is 35.3. The third-order valence-corrected chi connectivity index (χ3v) is 8.67. The second-order valence-corrected chi connectivity index (χ2v) is 11.3. The molecule has 3 atom stereocenters. The van der Waals surface area contributed by atoms with Gasteiger partial charge in [-0.3, -0.25) is 24.7 Å². The molecule has 2 aromatic rings. The highest BCUT2D eigenvalue weighted by Crippen LogP contribution is 2.47. The number of nitrogens with zero attached hydrogens (tertiary/aromatic N) is 5. The van der Waals surface area contributed by atoms with Gasteiger partial charge in [-0.15, -0.1) is 23.1 Å². The third kappa shape index (κ3) is 5.44. The number of nitrogens with two attached hydrogens (primary N) is 2. The summed E-state index contributed by atoms with van der Waals surface area (Å²) in [6, 6.07) is 1.44. The lowest BCUT2D eigenvalue weighted by atomic mass is 9.87. The fraction of sp³-hybridized carbons (Fsp3) is 0.348. The maximum absolute atomic E-state index is 13.7. The van der Waals surface area contributed by atoms with E-state index < -0.39 is 52.9 Å². The Balaban J connectivity index is 1.71. The minimum absolute atomic E-state index is 0.00823. The second-order valence-electron chi connectivity index (χ2n) is 9.07. The molecule has 19 heteroatoms. The average molecular weight is 636 g/mol. The maximum atomic E-state index is 13.7. The Morgan fingerprint density at radius 2 is 2.10 bits per heavy atom. The van der Waals surface area contributed by atoms with Gasteiger partial charge in [-0.25, -0.2) is 9.78 Å². The lowest BCUT2D eigenvalue weighted by molar-refractivity contribution is -0.153. The number of oxime groups is 1. The summed E-state index contributed by atoms with van der Waals surface area (Å²) >= 11 is 7.34. The zero-order valence-electron chi connectivity index (χ0n) is 22.1. The molecular weight excluding hydrogens is 611 g/mol. The molecule has 222 valence electrons. The predicted octanol–water partition coefficient (Wildman–Crippen LogP) is -0.147. The van der Waals surface area contributed by atoms with E-state index in [1.54, 1.807) is 6.92 Å². The topological polar surface area (TPSA) is 252 Å². The van der Waals surface area contributed by atoms with Gasteiger partial charge in [0, 0.05) is 34.7 Å². The molecule has 0 bridgehead atoms. The number of nitrogen functional groups attached to an aromatic ring is 2. The number of nitrogens with one attached hydrogen (secondary N) is 2. The monoisotopic (exact) mass is 635 g/mol. The average Bonchev–Trinajstić information content (AvgIpc) is 3.35. The summed E-state index contributed by atoms with van der Waals surface area (Å²) in [5.41, 5.74) is 9.41. The number of fused-ring (bicyclic) bond motifs is 1. The van der Waals surface area contributed by atoms with Gasteiger partial charge in [0.25, 0.3) is 11.8 Å². The molecule has 2 aliphatic rings. The van der Waals surface area contributed by atoms with Crippen molar-refractivity contribution in [2.75, 3.05) is 17.2 Å². The Morgan fingerprint density at radius 3 is 2.67 bits per heavy atom. The first kappa shape index (κ1) is 30.6. The van der Waals surface area contributed by atoms with Crippen molar-refractivity contribution in [2.45, 2.75) is 43.8 Å². The highest BCUT2D eigenvalue weighted by molar-refractivity contribution is 8.00. The molecule has 2 aromatic heterocycles. The van der Waals surface area contributed by atoms with Gasteiger partial charge in [-0.05, 0) is 13.8 Å². The van der Waals surface area contributed by atoms with Crippen molar-refractivity contribution in [3.05, 3.63) is 34.1 Å². The lowest BCUT2D eigenvalue weighted by Crippen LogP contribution is -2.80. The van der Waals surface area contributed by atoms with Crippen LogP contribution in [-0.4, -0.2) is 87.2 Å². The number of amides is 2. The zero-order valence-corrected chi connectivity index (χ0v) is 24.5. The second kappa shape index (κ2) is 11.9. The summed E-state index contributed by atoms with van der Waals surface area (Å²) in [4.78, 5) is 64.8. The Hall–Kier alpha value is -4.36. The molecule has 2 amide bonds. The predicted molar refractivity (Wildman–Crippen MR) is 156 cm³/mol. The number of hydrogen-bond acceptors (Lipinski definition) is 14. The van der Waals surface area contributed by atoms with Crippen molar-refractivity contribution in [3.8, 4) is 0 Å². The first-order chi connectivity index (χ1) is 19.8. The minimum Gasteiger partial charge on any atom is -0.481 e. The number of carboxylic acid groups (broad SMARTS) is 2. The SMILES string of the molecule is CCn1c(C2=C(C(=O)O)N3C(=O)[C@](C=S)(NC(=O)/C(=N\OC(C)CC(=O)O)c4csc(N)n4)[C@H]3SC2)cc(N)nc1=N. The van der Waals surface area contributed by atoms with Gasteiger partial charge in [0.05, 0.1) is 12.1 Å². The van der Waals surface area contributed by atoms with E-state index >= 15 is 0 Å². The third-order valence-electron chi connectivity index (χ3n) is 6.27. The van der Waals surface area contributed by atoms with E-state index in [-0.39, 0.29) is 45.8 Å². The van der Waals surface area contributed by atoms with Crippen LogP contribution in [0.15, 0.2) is 22.3 Å². The molecule has 0 spiro atoms. The number of anilines is 2. The van der Waals surface area contributed by atoms with Crippen molar-refractivity contribution >= 4 is 86.7 Å². The van der Waals surface area contributed by atoms with Crippen LogP contribution in [0.3, 0.4) is 0 Å². The number of rotatable bonds is 11. The number of aliphatic carboxylic acids is 2. The molecular formula is C23H25N9O7S3. The molecule has 1 fully saturated rings. The van der Waals surface area contributed by atoms with E-state index in [1.807, 2.05) is 0 Å². The molecule has 1 saturated heterocycles. The van der Waals surface area contributed by atoms with Gasteiger partial charge < -0.3 is 36.4 Å². The Bertz CT molecular complexity index is 1620. The van der Waals surface area contributed by atoms with Crippen LogP contribution in [0.2, 0.25) is 0 Å². The number of thiocarbonyl (C=S) groups is 1. The fourth-order valence-electron chi connectivity index (χ4n) is 4.42. The first-order valence-electron chi connectivity index (χ1n) is 12.1. The molecule has 4 heterocycles. The summed E-state index contributed by atoms with van der Waals surface area (Å²) in [6.07, 6.45) is -1.31. The molecule has 2 aliphatic heterocycles. The van der Waals surface area contributed by atoms with E-state index in [0.717, 1.165) is 33.4 Å².